The van der Waals surface area contributed by atoms with Gasteiger partial charge in [0, 0.05) is 35.5 Å². The van der Waals surface area contributed by atoms with Crippen molar-refractivity contribution in [2.24, 2.45) is 5.92 Å². The summed E-state index contributed by atoms with van der Waals surface area (Å²) in [5, 5.41) is 6.37. The lowest BCUT2D eigenvalue weighted by molar-refractivity contribution is 0.0944. The van der Waals surface area contributed by atoms with Gasteiger partial charge in [0.2, 0.25) is 5.88 Å². The topological polar surface area (TPSA) is 101 Å². The molecular formula is C27H24FN5O3. The number of methoxy groups -OCH3 is 1. The number of aromatic nitrogens is 3. The first kappa shape index (κ1) is 21.2. The standard InChI is InChI=1S/C27H24FN5O3/c1-35-26-16(28)3-2-4-18(26)30-25-21-23(15-11-19(15)31-27(21)34)33-24(25)14-9-10-29-17-7-8-20(32-22(14)17)36-12-13-5-6-13/h2-4,7-10,13,15,19,30,33H,5-6,11-12H2,1H3,(H,31,34). The average molecular weight is 486 g/mol. The number of carbonyl (C=O) groups excluding carboxylic acids is 1. The first-order valence-electron chi connectivity index (χ1n) is 12.2. The molecule has 4 heterocycles. The van der Waals surface area contributed by atoms with Gasteiger partial charge >= 0.3 is 0 Å². The number of amides is 1. The molecule has 182 valence electrons. The highest BCUT2D eigenvalue weighted by Gasteiger charge is 2.48. The maximum absolute atomic E-state index is 14.5. The van der Waals surface area contributed by atoms with Crippen molar-refractivity contribution >= 4 is 28.3 Å². The first-order chi connectivity index (χ1) is 17.6. The molecule has 0 radical (unpaired) electrons. The largest absolute Gasteiger partial charge is 0.492 e. The van der Waals surface area contributed by atoms with Crippen molar-refractivity contribution in [2.75, 3.05) is 19.0 Å². The summed E-state index contributed by atoms with van der Waals surface area (Å²) in [4.78, 5) is 25.9. The molecule has 7 rings (SSSR count). The Bertz CT molecular complexity index is 1530. The second-order valence-electron chi connectivity index (χ2n) is 9.66. The Morgan fingerprint density at radius 3 is 2.92 bits per heavy atom. The van der Waals surface area contributed by atoms with Crippen LogP contribution in [0.5, 0.6) is 11.6 Å². The minimum Gasteiger partial charge on any atom is -0.492 e. The van der Waals surface area contributed by atoms with Gasteiger partial charge in [-0.1, -0.05) is 6.07 Å². The van der Waals surface area contributed by atoms with Crippen LogP contribution in [0.2, 0.25) is 0 Å². The monoisotopic (exact) mass is 485 g/mol. The number of benzene rings is 1. The van der Waals surface area contributed by atoms with Crippen molar-refractivity contribution in [3.63, 3.8) is 0 Å². The summed E-state index contributed by atoms with van der Waals surface area (Å²) in [5.74, 6) is 0.791. The normalized spacial score (nSPS) is 19.9. The SMILES string of the molecule is COc1c(F)cccc1Nc1c(-c2ccnc3ccc(OCC4CC4)nc23)[nH]c2c1C(=O)NC1CC21. The number of ether oxygens (including phenoxy) is 2. The van der Waals surface area contributed by atoms with Gasteiger partial charge in [0.05, 0.1) is 41.9 Å². The second kappa shape index (κ2) is 7.94. The predicted molar refractivity (Wildman–Crippen MR) is 132 cm³/mol. The van der Waals surface area contributed by atoms with Crippen LogP contribution in [0.3, 0.4) is 0 Å². The number of hydrogen-bond acceptors (Lipinski definition) is 6. The molecule has 0 bridgehead atoms. The van der Waals surface area contributed by atoms with E-state index in [0.29, 0.717) is 52.1 Å². The molecule has 3 N–H and O–H groups in total. The highest BCUT2D eigenvalue weighted by atomic mass is 19.1. The van der Waals surface area contributed by atoms with E-state index in [2.05, 4.69) is 20.6 Å². The summed E-state index contributed by atoms with van der Waals surface area (Å²) >= 11 is 0. The lowest BCUT2D eigenvalue weighted by Gasteiger charge is -2.16. The highest BCUT2D eigenvalue weighted by molar-refractivity contribution is 6.09. The number of anilines is 2. The lowest BCUT2D eigenvalue weighted by atomic mass is 10.0. The number of H-pyrrole nitrogens is 1. The highest BCUT2D eigenvalue weighted by Crippen LogP contribution is 2.50. The minimum atomic E-state index is -0.492. The Balaban J connectivity index is 1.40. The number of fused-ring (bicyclic) bond motifs is 4. The third-order valence-electron chi connectivity index (χ3n) is 7.16. The zero-order valence-electron chi connectivity index (χ0n) is 19.6. The fraction of sp³-hybridized carbons (Fsp3) is 0.296. The van der Waals surface area contributed by atoms with Crippen molar-refractivity contribution in [3.05, 3.63) is 59.7 Å². The van der Waals surface area contributed by atoms with Crippen molar-refractivity contribution < 1.29 is 18.7 Å². The van der Waals surface area contributed by atoms with Crippen LogP contribution in [-0.2, 0) is 0 Å². The fourth-order valence-corrected chi connectivity index (χ4v) is 5.00. The van der Waals surface area contributed by atoms with Gasteiger partial charge in [0.15, 0.2) is 11.6 Å². The molecule has 2 aliphatic carbocycles. The van der Waals surface area contributed by atoms with Gasteiger partial charge in [-0.3, -0.25) is 9.78 Å². The van der Waals surface area contributed by atoms with Gasteiger partial charge < -0.3 is 25.1 Å². The molecule has 2 unspecified atom stereocenters. The number of halogens is 1. The Kier molecular flexibility index (Phi) is 4.67. The number of para-hydroxylation sites is 1. The molecular weight excluding hydrogens is 461 g/mol. The van der Waals surface area contributed by atoms with Gasteiger partial charge in [-0.2, -0.15) is 0 Å². The number of hydrogen-bond donors (Lipinski definition) is 3. The predicted octanol–water partition coefficient (Wildman–Crippen LogP) is 4.90. The lowest BCUT2D eigenvalue weighted by Crippen LogP contribution is -2.31. The number of rotatable bonds is 7. The zero-order chi connectivity index (χ0) is 24.4. The molecule has 2 fully saturated rings. The second-order valence-corrected chi connectivity index (χ2v) is 9.66. The molecule has 8 nitrogen and oxygen atoms in total. The van der Waals surface area contributed by atoms with Gasteiger partial charge in [-0.15, -0.1) is 0 Å². The fourth-order valence-electron chi connectivity index (χ4n) is 5.00. The van der Waals surface area contributed by atoms with Crippen LogP contribution in [0.1, 0.15) is 41.2 Å². The van der Waals surface area contributed by atoms with E-state index >= 15 is 0 Å². The number of carbonyl (C=O) groups is 1. The smallest absolute Gasteiger partial charge is 0.255 e. The molecule has 2 saturated carbocycles. The van der Waals surface area contributed by atoms with E-state index in [-0.39, 0.29) is 23.6 Å². The van der Waals surface area contributed by atoms with E-state index in [1.54, 1.807) is 18.3 Å². The summed E-state index contributed by atoms with van der Waals surface area (Å²) < 4.78 is 25.7. The van der Waals surface area contributed by atoms with Crippen LogP contribution >= 0.6 is 0 Å². The average Bonchev–Trinajstić information content (AvgIpc) is 3.81. The Morgan fingerprint density at radius 1 is 1.19 bits per heavy atom. The molecule has 1 amide bonds. The van der Waals surface area contributed by atoms with Crippen molar-refractivity contribution in [1.82, 2.24) is 20.3 Å². The molecule has 0 spiro atoms. The minimum absolute atomic E-state index is 0.0763. The molecule has 36 heavy (non-hydrogen) atoms. The molecule has 3 aliphatic rings. The van der Waals surface area contributed by atoms with Crippen LogP contribution in [0.15, 0.2) is 42.6 Å². The Morgan fingerprint density at radius 2 is 2.08 bits per heavy atom. The molecule has 4 aromatic rings. The van der Waals surface area contributed by atoms with Gasteiger partial charge in [-0.05, 0) is 49.4 Å². The van der Waals surface area contributed by atoms with Gasteiger partial charge in [0.25, 0.3) is 5.91 Å². The molecule has 3 aromatic heterocycles. The molecule has 1 aromatic carbocycles. The summed E-state index contributed by atoms with van der Waals surface area (Å²) in [6.45, 7) is 0.653. The van der Waals surface area contributed by atoms with Crippen molar-refractivity contribution in [2.45, 2.75) is 31.2 Å². The number of pyridine rings is 2. The number of nitrogens with one attached hydrogen (secondary N) is 3. The Hall–Kier alpha value is -4.14. The van der Waals surface area contributed by atoms with E-state index in [4.69, 9.17) is 14.5 Å². The molecule has 1 aliphatic heterocycles. The van der Waals surface area contributed by atoms with Crippen LogP contribution in [-0.4, -0.2) is 40.6 Å². The quantitative estimate of drug-likeness (QED) is 0.344. The maximum Gasteiger partial charge on any atom is 0.255 e. The summed E-state index contributed by atoms with van der Waals surface area (Å²) in [6.07, 6.45) is 4.99. The van der Waals surface area contributed by atoms with Crippen LogP contribution in [0, 0.1) is 11.7 Å². The summed E-state index contributed by atoms with van der Waals surface area (Å²) in [6, 6.07) is 10.4. The van der Waals surface area contributed by atoms with Crippen molar-refractivity contribution in [1.29, 1.82) is 0 Å². The van der Waals surface area contributed by atoms with Crippen LogP contribution < -0.4 is 20.1 Å². The number of nitrogens with zero attached hydrogens (tertiary/aromatic N) is 2. The maximum atomic E-state index is 14.5. The Labute approximate surface area is 206 Å². The molecule has 2 atom stereocenters. The third-order valence-corrected chi connectivity index (χ3v) is 7.16. The van der Waals surface area contributed by atoms with Gasteiger partial charge in [0.1, 0.15) is 5.52 Å². The van der Waals surface area contributed by atoms with Crippen LogP contribution in [0.25, 0.3) is 22.3 Å². The van der Waals surface area contributed by atoms with Gasteiger partial charge in [-0.25, -0.2) is 9.37 Å². The number of aromatic amines is 1. The van der Waals surface area contributed by atoms with E-state index < -0.39 is 5.82 Å². The first-order valence-corrected chi connectivity index (χ1v) is 12.2. The summed E-state index contributed by atoms with van der Waals surface area (Å²) in [5.41, 5.74) is 5.21. The molecule has 0 saturated heterocycles. The molecule has 9 heteroatoms. The van der Waals surface area contributed by atoms with E-state index in [1.165, 1.54) is 26.0 Å². The third kappa shape index (κ3) is 3.45. The van der Waals surface area contributed by atoms with E-state index in [0.717, 1.165) is 17.7 Å². The zero-order valence-corrected chi connectivity index (χ0v) is 19.6. The van der Waals surface area contributed by atoms with Crippen LogP contribution in [0.4, 0.5) is 15.8 Å². The summed E-state index contributed by atoms with van der Waals surface area (Å²) in [7, 11) is 1.42. The van der Waals surface area contributed by atoms with E-state index in [9.17, 15) is 9.18 Å². The van der Waals surface area contributed by atoms with E-state index in [1.807, 2.05) is 18.2 Å². The van der Waals surface area contributed by atoms with Crippen molar-refractivity contribution in [3.8, 4) is 22.9 Å².